The first-order valence-corrected chi connectivity index (χ1v) is 6.19. The summed E-state index contributed by atoms with van der Waals surface area (Å²) in [6.07, 6.45) is 2.98. The van der Waals surface area contributed by atoms with Crippen LogP contribution in [0.5, 0.6) is 0 Å². The van der Waals surface area contributed by atoms with Gasteiger partial charge in [-0.3, -0.25) is 0 Å². The topological polar surface area (TPSA) is 30.9 Å². The van der Waals surface area contributed by atoms with Gasteiger partial charge in [-0.1, -0.05) is 12.1 Å². The van der Waals surface area contributed by atoms with Crippen molar-refractivity contribution in [2.24, 2.45) is 12.8 Å². The zero-order chi connectivity index (χ0) is 11.9. The monoisotopic (exact) mass is 280 g/mol. The Kier molecular flexibility index (Phi) is 2.84. The number of halogens is 1. The fourth-order valence-corrected chi connectivity index (χ4v) is 2.86. The van der Waals surface area contributed by atoms with Crippen molar-refractivity contribution in [3.05, 3.63) is 34.4 Å². The van der Waals surface area contributed by atoms with E-state index in [9.17, 15) is 0 Å². The van der Waals surface area contributed by atoms with Crippen molar-refractivity contribution in [1.29, 1.82) is 0 Å². The molecule has 1 aromatic carbocycles. The van der Waals surface area contributed by atoms with Gasteiger partial charge in [-0.25, -0.2) is 0 Å². The molecular weight excluding hydrogens is 264 g/mol. The molecule has 0 aliphatic carbocycles. The van der Waals surface area contributed by atoms with Gasteiger partial charge in [0.15, 0.2) is 0 Å². The minimum atomic E-state index is -0.177. The predicted molar refractivity (Wildman–Crippen MR) is 72.6 cm³/mol. The van der Waals surface area contributed by atoms with E-state index in [0.717, 1.165) is 10.9 Å². The molecule has 0 aliphatic rings. The van der Waals surface area contributed by atoms with Crippen LogP contribution in [0.3, 0.4) is 0 Å². The summed E-state index contributed by atoms with van der Waals surface area (Å²) in [6, 6.07) is 6.38. The molecule has 1 heterocycles. The van der Waals surface area contributed by atoms with Gasteiger partial charge >= 0.3 is 0 Å². The fourth-order valence-electron chi connectivity index (χ4n) is 2.10. The second-order valence-electron chi connectivity index (χ2n) is 5.06. The first-order valence-electron chi connectivity index (χ1n) is 5.40. The number of fused-ring (bicyclic) bond motifs is 1. The fraction of sp³-hybridized carbons (Fsp3) is 0.385. The molecule has 0 bridgehead atoms. The average molecular weight is 281 g/mol. The Labute approximate surface area is 105 Å². The lowest BCUT2D eigenvalue weighted by Crippen LogP contribution is -2.34. The van der Waals surface area contributed by atoms with Crippen LogP contribution < -0.4 is 5.73 Å². The Morgan fingerprint density at radius 3 is 2.69 bits per heavy atom. The number of aryl methyl sites for hydroxylation is 1. The Bertz CT molecular complexity index is 520. The second kappa shape index (κ2) is 3.90. The quantitative estimate of drug-likeness (QED) is 0.900. The van der Waals surface area contributed by atoms with Gasteiger partial charge in [0.2, 0.25) is 0 Å². The van der Waals surface area contributed by atoms with Crippen molar-refractivity contribution in [3.8, 4) is 0 Å². The molecular formula is C13H17BrN2. The first-order chi connectivity index (χ1) is 7.38. The molecule has 0 fully saturated rings. The van der Waals surface area contributed by atoms with Crippen molar-refractivity contribution < 1.29 is 0 Å². The van der Waals surface area contributed by atoms with Gasteiger partial charge < -0.3 is 10.3 Å². The van der Waals surface area contributed by atoms with Gasteiger partial charge in [-0.15, -0.1) is 0 Å². The van der Waals surface area contributed by atoms with E-state index >= 15 is 0 Å². The van der Waals surface area contributed by atoms with Crippen LogP contribution in [0.15, 0.2) is 28.9 Å². The van der Waals surface area contributed by atoms with Gasteiger partial charge in [0.25, 0.3) is 0 Å². The minimum Gasteiger partial charge on any atom is -0.349 e. The van der Waals surface area contributed by atoms with Crippen LogP contribution in [0.4, 0.5) is 0 Å². The highest BCUT2D eigenvalue weighted by molar-refractivity contribution is 9.10. The van der Waals surface area contributed by atoms with Crippen LogP contribution in [-0.4, -0.2) is 10.1 Å². The van der Waals surface area contributed by atoms with E-state index in [4.69, 9.17) is 5.73 Å². The number of hydrogen-bond acceptors (Lipinski definition) is 1. The Balaban J connectivity index is 2.62. The maximum absolute atomic E-state index is 6.09. The third kappa shape index (κ3) is 2.15. The molecule has 0 saturated heterocycles. The van der Waals surface area contributed by atoms with E-state index in [2.05, 4.69) is 65.8 Å². The van der Waals surface area contributed by atoms with E-state index in [0.29, 0.717) is 0 Å². The molecule has 2 nitrogen and oxygen atoms in total. The number of aromatic nitrogens is 1. The van der Waals surface area contributed by atoms with Crippen molar-refractivity contribution >= 4 is 26.8 Å². The molecule has 0 aliphatic heterocycles. The lowest BCUT2D eigenvalue weighted by molar-refractivity contribution is 0.518. The molecule has 2 aromatic rings. The summed E-state index contributed by atoms with van der Waals surface area (Å²) in [5.74, 6) is 0. The first kappa shape index (κ1) is 11.7. The SMILES string of the molecule is Cn1cc(Br)c2c(CC(C)(C)N)cccc21. The average Bonchev–Trinajstić information content (AvgIpc) is 2.41. The summed E-state index contributed by atoms with van der Waals surface area (Å²) in [4.78, 5) is 0. The van der Waals surface area contributed by atoms with Crippen LogP contribution in [-0.2, 0) is 13.5 Å². The van der Waals surface area contributed by atoms with E-state index in [-0.39, 0.29) is 5.54 Å². The number of hydrogen-bond donors (Lipinski definition) is 1. The maximum Gasteiger partial charge on any atom is 0.0492 e. The highest BCUT2D eigenvalue weighted by Crippen LogP contribution is 2.30. The van der Waals surface area contributed by atoms with Crippen LogP contribution >= 0.6 is 15.9 Å². The third-order valence-electron chi connectivity index (χ3n) is 2.70. The van der Waals surface area contributed by atoms with Gasteiger partial charge in [0.1, 0.15) is 0 Å². The van der Waals surface area contributed by atoms with Crippen molar-refractivity contribution in [2.75, 3.05) is 0 Å². The molecule has 0 unspecified atom stereocenters. The third-order valence-corrected chi connectivity index (χ3v) is 3.30. The molecule has 3 heteroatoms. The largest absolute Gasteiger partial charge is 0.349 e. The summed E-state index contributed by atoms with van der Waals surface area (Å²) in [7, 11) is 2.06. The van der Waals surface area contributed by atoms with Crippen LogP contribution in [0, 0.1) is 0 Å². The minimum absolute atomic E-state index is 0.177. The lowest BCUT2D eigenvalue weighted by Gasteiger charge is -2.19. The van der Waals surface area contributed by atoms with Crippen molar-refractivity contribution in [2.45, 2.75) is 25.8 Å². The lowest BCUT2D eigenvalue weighted by atomic mass is 9.94. The van der Waals surface area contributed by atoms with E-state index in [1.54, 1.807) is 0 Å². The summed E-state index contributed by atoms with van der Waals surface area (Å²) >= 11 is 3.61. The normalized spacial score (nSPS) is 12.3. The molecule has 16 heavy (non-hydrogen) atoms. The zero-order valence-electron chi connectivity index (χ0n) is 9.92. The smallest absolute Gasteiger partial charge is 0.0492 e. The highest BCUT2D eigenvalue weighted by Gasteiger charge is 2.16. The molecule has 0 spiro atoms. The predicted octanol–water partition coefficient (Wildman–Crippen LogP) is 3.22. The molecule has 0 saturated carbocycles. The van der Waals surface area contributed by atoms with Crippen LogP contribution in [0.2, 0.25) is 0 Å². The molecule has 86 valence electrons. The molecule has 2 rings (SSSR count). The molecule has 0 atom stereocenters. The molecule has 0 amide bonds. The summed E-state index contributed by atoms with van der Waals surface area (Å²) < 4.78 is 3.27. The van der Waals surface area contributed by atoms with Crippen molar-refractivity contribution in [1.82, 2.24) is 4.57 Å². The number of rotatable bonds is 2. The number of nitrogens with zero attached hydrogens (tertiary/aromatic N) is 1. The van der Waals surface area contributed by atoms with E-state index < -0.39 is 0 Å². The zero-order valence-corrected chi connectivity index (χ0v) is 11.5. The Hall–Kier alpha value is -0.800. The molecule has 1 aromatic heterocycles. The Morgan fingerprint density at radius 2 is 2.06 bits per heavy atom. The molecule has 2 N–H and O–H groups in total. The van der Waals surface area contributed by atoms with Gasteiger partial charge in [0, 0.05) is 34.2 Å². The van der Waals surface area contributed by atoms with Crippen LogP contribution in [0.25, 0.3) is 10.9 Å². The summed E-state index contributed by atoms with van der Waals surface area (Å²) in [5.41, 5.74) is 8.46. The van der Waals surface area contributed by atoms with Gasteiger partial charge in [-0.05, 0) is 47.8 Å². The number of benzene rings is 1. The van der Waals surface area contributed by atoms with Gasteiger partial charge in [0.05, 0.1) is 0 Å². The van der Waals surface area contributed by atoms with Crippen molar-refractivity contribution in [3.63, 3.8) is 0 Å². The second-order valence-corrected chi connectivity index (χ2v) is 5.92. The van der Waals surface area contributed by atoms with E-state index in [1.165, 1.54) is 16.5 Å². The summed E-state index contributed by atoms with van der Waals surface area (Å²) in [6.45, 7) is 4.12. The highest BCUT2D eigenvalue weighted by atomic mass is 79.9. The van der Waals surface area contributed by atoms with Gasteiger partial charge in [-0.2, -0.15) is 0 Å². The summed E-state index contributed by atoms with van der Waals surface area (Å²) in [5, 5.41) is 1.28. The van der Waals surface area contributed by atoms with Crippen LogP contribution in [0.1, 0.15) is 19.4 Å². The maximum atomic E-state index is 6.09. The Morgan fingerprint density at radius 1 is 1.38 bits per heavy atom. The number of nitrogens with two attached hydrogens (primary N) is 1. The van der Waals surface area contributed by atoms with E-state index in [1.807, 2.05) is 0 Å². The standard InChI is InChI=1S/C13H17BrN2/c1-13(2,15)7-9-5-4-6-11-12(9)10(14)8-16(11)3/h4-6,8H,7,15H2,1-3H3. The molecule has 0 radical (unpaired) electrons.